The Hall–Kier alpha value is -1.92. The van der Waals surface area contributed by atoms with Crippen molar-refractivity contribution in [2.45, 2.75) is 25.4 Å². The van der Waals surface area contributed by atoms with Gasteiger partial charge in [-0.3, -0.25) is 9.59 Å². The summed E-state index contributed by atoms with van der Waals surface area (Å²) < 4.78 is 0. The number of carbonyl (C=O) groups excluding carboxylic acids is 2. The summed E-state index contributed by atoms with van der Waals surface area (Å²) in [5, 5.41) is 12.5. The van der Waals surface area contributed by atoms with Crippen LogP contribution in [0.1, 0.15) is 19.4 Å². The Labute approximate surface area is 137 Å². The number of carbonyl (C=O) groups is 2. The molecule has 1 unspecified atom stereocenters. The van der Waals surface area contributed by atoms with E-state index in [1.54, 1.807) is 0 Å². The molecule has 126 valence electrons. The minimum atomic E-state index is -0.632. The van der Waals surface area contributed by atoms with E-state index in [1.165, 1.54) is 4.90 Å². The molecule has 0 bridgehead atoms. The third-order valence-electron chi connectivity index (χ3n) is 4.06. The third-order valence-corrected chi connectivity index (χ3v) is 4.06. The molecule has 23 heavy (non-hydrogen) atoms. The SMILES string of the molecule is CN(C)CC(O)CNC(=O)CN1C(=O)C(C)(C)c2ccccc21. The van der Waals surface area contributed by atoms with E-state index in [0.29, 0.717) is 6.54 Å². The molecule has 1 aromatic rings. The number of nitrogens with zero attached hydrogens (tertiary/aromatic N) is 2. The summed E-state index contributed by atoms with van der Waals surface area (Å²) in [6, 6.07) is 7.54. The Morgan fingerprint density at radius 1 is 1.35 bits per heavy atom. The summed E-state index contributed by atoms with van der Waals surface area (Å²) >= 11 is 0. The molecule has 1 aliphatic heterocycles. The van der Waals surface area contributed by atoms with Crippen molar-refractivity contribution in [1.29, 1.82) is 0 Å². The van der Waals surface area contributed by atoms with E-state index >= 15 is 0 Å². The maximum atomic E-state index is 12.6. The number of para-hydroxylation sites is 1. The maximum absolute atomic E-state index is 12.6. The highest BCUT2D eigenvalue weighted by atomic mass is 16.3. The van der Waals surface area contributed by atoms with Gasteiger partial charge in [0, 0.05) is 18.8 Å². The molecule has 6 nitrogen and oxygen atoms in total. The fourth-order valence-electron chi connectivity index (χ4n) is 2.87. The number of aliphatic hydroxyl groups excluding tert-OH is 1. The number of anilines is 1. The first kappa shape index (κ1) is 17.4. The van der Waals surface area contributed by atoms with Crippen LogP contribution in [-0.4, -0.2) is 61.7 Å². The molecule has 0 fully saturated rings. The number of rotatable bonds is 6. The van der Waals surface area contributed by atoms with Crippen molar-refractivity contribution in [2.24, 2.45) is 0 Å². The van der Waals surface area contributed by atoms with Crippen LogP contribution in [0.4, 0.5) is 5.69 Å². The van der Waals surface area contributed by atoms with Gasteiger partial charge in [0.2, 0.25) is 11.8 Å². The van der Waals surface area contributed by atoms with Gasteiger partial charge in [-0.25, -0.2) is 0 Å². The quantitative estimate of drug-likeness (QED) is 0.793. The summed E-state index contributed by atoms with van der Waals surface area (Å²) in [4.78, 5) is 28.1. The molecule has 0 saturated heterocycles. The first-order valence-electron chi connectivity index (χ1n) is 7.74. The molecule has 2 amide bonds. The molecular formula is C17H25N3O3. The maximum Gasteiger partial charge on any atom is 0.240 e. The topological polar surface area (TPSA) is 72.9 Å². The first-order chi connectivity index (χ1) is 10.7. The van der Waals surface area contributed by atoms with Crippen molar-refractivity contribution < 1.29 is 14.7 Å². The van der Waals surface area contributed by atoms with E-state index in [4.69, 9.17) is 0 Å². The molecule has 0 radical (unpaired) electrons. The molecule has 0 spiro atoms. The number of benzene rings is 1. The monoisotopic (exact) mass is 319 g/mol. The molecule has 2 N–H and O–H groups in total. The van der Waals surface area contributed by atoms with Gasteiger partial charge >= 0.3 is 0 Å². The van der Waals surface area contributed by atoms with E-state index in [0.717, 1.165) is 11.3 Å². The molecule has 0 aliphatic carbocycles. The number of fused-ring (bicyclic) bond motifs is 1. The zero-order valence-electron chi connectivity index (χ0n) is 14.2. The van der Waals surface area contributed by atoms with Crippen LogP contribution in [-0.2, 0) is 15.0 Å². The van der Waals surface area contributed by atoms with E-state index in [1.807, 2.05) is 57.1 Å². The van der Waals surface area contributed by atoms with Crippen LogP contribution in [0.15, 0.2) is 24.3 Å². The van der Waals surface area contributed by atoms with Crippen molar-refractivity contribution in [2.75, 3.05) is 38.6 Å². The summed E-state index contributed by atoms with van der Waals surface area (Å²) in [7, 11) is 3.71. The van der Waals surface area contributed by atoms with Crippen LogP contribution in [0, 0.1) is 0 Å². The molecular weight excluding hydrogens is 294 g/mol. The van der Waals surface area contributed by atoms with E-state index < -0.39 is 11.5 Å². The third kappa shape index (κ3) is 3.71. The normalized spacial score (nSPS) is 17.3. The highest BCUT2D eigenvalue weighted by Crippen LogP contribution is 2.40. The van der Waals surface area contributed by atoms with Crippen molar-refractivity contribution >= 4 is 17.5 Å². The highest BCUT2D eigenvalue weighted by Gasteiger charge is 2.44. The average molecular weight is 319 g/mol. The fourth-order valence-corrected chi connectivity index (χ4v) is 2.87. The molecule has 1 heterocycles. The van der Waals surface area contributed by atoms with Crippen molar-refractivity contribution in [3.63, 3.8) is 0 Å². The number of aliphatic hydroxyl groups is 1. The number of nitrogens with one attached hydrogen (secondary N) is 1. The number of hydrogen-bond acceptors (Lipinski definition) is 4. The van der Waals surface area contributed by atoms with Crippen molar-refractivity contribution in [3.05, 3.63) is 29.8 Å². The van der Waals surface area contributed by atoms with Gasteiger partial charge < -0.3 is 20.2 Å². The largest absolute Gasteiger partial charge is 0.390 e. The molecule has 1 aromatic carbocycles. The molecule has 6 heteroatoms. The van der Waals surface area contributed by atoms with Gasteiger partial charge in [-0.1, -0.05) is 18.2 Å². The molecule has 0 aromatic heterocycles. The molecule has 2 rings (SSSR count). The molecule has 1 atom stereocenters. The molecule has 1 aliphatic rings. The minimum absolute atomic E-state index is 0.0338. The van der Waals surface area contributed by atoms with E-state index in [9.17, 15) is 14.7 Å². The second kappa shape index (κ2) is 6.68. The summed E-state index contributed by atoms with van der Waals surface area (Å²) in [6.45, 7) is 4.34. The number of hydrogen-bond donors (Lipinski definition) is 2. The van der Waals surface area contributed by atoms with Gasteiger partial charge in [-0.2, -0.15) is 0 Å². The summed E-state index contributed by atoms with van der Waals surface area (Å²) in [6.07, 6.45) is -0.632. The van der Waals surface area contributed by atoms with Crippen LogP contribution < -0.4 is 10.2 Å². The van der Waals surface area contributed by atoms with E-state index in [-0.39, 0.29) is 24.9 Å². The van der Waals surface area contributed by atoms with Gasteiger partial charge in [0.15, 0.2) is 0 Å². The van der Waals surface area contributed by atoms with Gasteiger partial charge in [-0.05, 0) is 39.6 Å². The van der Waals surface area contributed by atoms with E-state index in [2.05, 4.69) is 5.32 Å². The lowest BCUT2D eigenvalue weighted by Gasteiger charge is -2.21. The second-order valence-corrected chi connectivity index (χ2v) is 6.75. The zero-order chi connectivity index (χ0) is 17.2. The Balaban J connectivity index is 2.00. The smallest absolute Gasteiger partial charge is 0.240 e. The van der Waals surface area contributed by atoms with Crippen LogP contribution in [0.5, 0.6) is 0 Å². The van der Waals surface area contributed by atoms with Crippen molar-refractivity contribution in [3.8, 4) is 0 Å². The summed E-state index contributed by atoms with van der Waals surface area (Å²) in [5.41, 5.74) is 1.10. The van der Waals surface area contributed by atoms with Gasteiger partial charge in [0.1, 0.15) is 6.54 Å². The number of amides is 2. The Bertz CT molecular complexity index is 599. The minimum Gasteiger partial charge on any atom is -0.390 e. The first-order valence-corrected chi connectivity index (χ1v) is 7.74. The van der Waals surface area contributed by atoms with Gasteiger partial charge in [-0.15, -0.1) is 0 Å². The zero-order valence-corrected chi connectivity index (χ0v) is 14.2. The second-order valence-electron chi connectivity index (χ2n) is 6.75. The Morgan fingerprint density at radius 3 is 2.65 bits per heavy atom. The lowest BCUT2D eigenvalue weighted by atomic mass is 9.86. The summed E-state index contributed by atoms with van der Waals surface area (Å²) in [5.74, 6) is -0.355. The predicted octanol–water partition coefficient (Wildman–Crippen LogP) is 0.350. The fraction of sp³-hybridized carbons (Fsp3) is 0.529. The highest BCUT2D eigenvalue weighted by molar-refractivity contribution is 6.10. The average Bonchev–Trinajstić information content (AvgIpc) is 2.66. The van der Waals surface area contributed by atoms with Gasteiger partial charge in [0.25, 0.3) is 0 Å². The van der Waals surface area contributed by atoms with Crippen LogP contribution in [0.2, 0.25) is 0 Å². The Morgan fingerprint density at radius 2 is 2.00 bits per heavy atom. The van der Waals surface area contributed by atoms with Crippen molar-refractivity contribution in [1.82, 2.24) is 10.2 Å². The lowest BCUT2D eigenvalue weighted by Crippen LogP contribution is -2.45. The molecule has 0 saturated carbocycles. The van der Waals surface area contributed by atoms with Crippen LogP contribution in [0.3, 0.4) is 0 Å². The predicted molar refractivity (Wildman–Crippen MR) is 89.4 cm³/mol. The van der Waals surface area contributed by atoms with Gasteiger partial charge in [0.05, 0.1) is 11.5 Å². The van der Waals surface area contributed by atoms with Crippen LogP contribution in [0.25, 0.3) is 0 Å². The Kier molecular flexibility index (Phi) is 5.06. The van der Waals surface area contributed by atoms with Crippen LogP contribution >= 0.6 is 0 Å². The standard InChI is InChI=1S/C17H25N3O3/c1-17(2)13-7-5-6-8-14(13)20(16(17)23)11-15(22)18-9-12(21)10-19(3)4/h5-8,12,21H,9-11H2,1-4H3,(H,18,22). The number of likely N-dealkylation sites (N-methyl/N-ethyl adjacent to an activating group) is 1. The lowest BCUT2D eigenvalue weighted by molar-refractivity contribution is -0.125.